The van der Waals surface area contributed by atoms with Gasteiger partial charge < -0.3 is 25.4 Å². The lowest BCUT2D eigenvalue weighted by molar-refractivity contribution is -0.172. The van der Waals surface area contributed by atoms with Crippen molar-refractivity contribution in [1.29, 1.82) is 0 Å². The van der Waals surface area contributed by atoms with Crippen LogP contribution in [0.25, 0.3) is 0 Å². The molecule has 1 aromatic carbocycles. The first-order chi connectivity index (χ1) is 15.8. The number of hydrogen-bond donors (Lipinski definition) is 4. The van der Waals surface area contributed by atoms with Gasteiger partial charge in [-0.05, 0) is 62.6 Å². The van der Waals surface area contributed by atoms with E-state index in [1.807, 2.05) is 19.9 Å². The average molecular weight is 455 g/mol. The molecule has 0 aromatic heterocycles. The third-order valence-corrected chi connectivity index (χ3v) is 9.11. The number of aliphatic hydroxyl groups is 2. The molecule has 2 aliphatic heterocycles. The van der Waals surface area contributed by atoms with E-state index in [4.69, 9.17) is 4.74 Å². The summed E-state index contributed by atoms with van der Waals surface area (Å²) in [5, 5.41) is 37.6. The van der Waals surface area contributed by atoms with Gasteiger partial charge in [-0.1, -0.05) is 19.9 Å². The molecule has 5 aliphatic rings. The van der Waals surface area contributed by atoms with E-state index in [2.05, 4.69) is 10.2 Å². The lowest BCUT2D eigenvalue weighted by Crippen LogP contribution is -2.75. The Hall–Kier alpha value is -2.25. The summed E-state index contributed by atoms with van der Waals surface area (Å²) in [6, 6.07) is 3.43. The first-order valence-electron chi connectivity index (χ1n) is 12.5. The maximum absolute atomic E-state index is 13.3. The summed E-state index contributed by atoms with van der Waals surface area (Å²) in [6.07, 6.45) is 4.54. The molecule has 3 aliphatic carbocycles. The van der Waals surface area contributed by atoms with Crippen LogP contribution in [-0.4, -0.2) is 63.0 Å². The van der Waals surface area contributed by atoms with Crippen LogP contribution in [0.15, 0.2) is 23.5 Å². The van der Waals surface area contributed by atoms with Crippen LogP contribution in [0.5, 0.6) is 11.5 Å². The lowest BCUT2D eigenvalue weighted by Gasteiger charge is -2.62. The molecule has 0 unspecified atom stereocenters. The van der Waals surface area contributed by atoms with E-state index in [1.165, 1.54) is 12.8 Å². The summed E-state index contributed by atoms with van der Waals surface area (Å²) in [5.41, 5.74) is 0.00631. The predicted octanol–water partition coefficient (Wildman–Crippen LogP) is 2.68. The van der Waals surface area contributed by atoms with Crippen LogP contribution in [0, 0.1) is 5.92 Å². The van der Waals surface area contributed by atoms with Crippen LogP contribution in [0.2, 0.25) is 0 Å². The molecule has 4 atom stereocenters. The van der Waals surface area contributed by atoms with Gasteiger partial charge in [-0.15, -0.1) is 0 Å². The van der Waals surface area contributed by atoms with Crippen LogP contribution in [-0.2, 0) is 16.6 Å². The number of rotatable bonds is 6. The highest BCUT2D eigenvalue weighted by molar-refractivity contribution is 5.95. The fourth-order valence-corrected chi connectivity index (χ4v) is 7.13. The average Bonchev–Trinajstić information content (AvgIpc) is 3.54. The lowest BCUT2D eigenvalue weighted by atomic mass is 9.49. The molecule has 7 heteroatoms. The summed E-state index contributed by atoms with van der Waals surface area (Å²) >= 11 is 0. The van der Waals surface area contributed by atoms with Crippen LogP contribution < -0.4 is 10.1 Å². The number of hydrogen-bond acceptors (Lipinski definition) is 6. The number of phenols is 1. The van der Waals surface area contributed by atoms with Gasteiger partial charge in [0.2, 0.25) is 0 Å². The molecule has 7 nitrogen and oxygen atoms in total. The van der Waals surface area contributed by atoms with Crippen molar-refractivity contribution < 1.29 is 24.9 Å². The molecule has 2 heterocycles. The van der Waals surface area contributed by atoms with Crippen molar-refractivity contribution in [1.82, 2.24) is 10.2 Å². The second-order valence-corrected chi connectivity index (χ2v) is 10.8. The Morgan fingerprint density at radius 3 is 2.73 bits per heavy atom. The highest BCUT2D eigenvalue weighted by Crippen LogP contribution is 2.66. The summed E-state index contributed by atoms with van der Waals surface area (Å²) < 4.78 is 6.24. The Morgan fingerprint density at radius 1 is 1.27 bits per heavy atom. The molecular formula is C26H34N2O5. The number of benzene rings is 1. The van der Waals surface area contributed by atoms with Gasteiger partial charge in [0, 0.05) is 30.6 Å². The Morgan fingerprint density at radius 2 is 2.03 bits per heavy atom. The SMILES string of the molecule is CCC(CC)NC(=O)C1=C(O)[C@@H]2Oc3c(O)ccc4c3[C@@]23CCN(CC2CC2)[C@H](C4)[C@]3(O)C1. The molecule has 1 aromatic rings. The second kappa shape index (κ2) is 7.12. The Balaban J connectivity index is 1.49. The molecule has 0 radical (unpaired) electrons. The van der Waals surface area contributed by atoms with Crippen LogP contribution in [0.1, 0.15) is 63.5 Å². The van der Waals surface area contributed by atoms with E-state index in [0.29, 0.717) is 24.5 Å². The quantitative estimate of drug-likeness (QED) is 0.527. The Bertz CT molecular complexity index is 1050. The van der Waals surface area contributed by atoms with Crippen molar-refractivity contribution in [3.05, 3.63) is 34.6 Å². The third kappa shape index (κ3) is 2.72. The highest BCUT2D eigenvalue weighted by atomic mass is 16.5. The number of piperidine rings is 1. The maximum atomic E-state index is 13.3. The fraction of sp³-hybridized carbons (Fsp3) is 0.654. The minimum atomic E-state index is -1.26. The van der Waals surface area contributed by atoms with E-state index >= 15 is 0 Å². The van der Waals surface area contributed by atoms with Crippen LogP contribution >= 0.6 is 0 Å². The number of aliphatic hydroxyl groups excluding tert-OH is 1. The molecule has 178 valence electrons. The minimum Gasteiger partial charge on any atom is -0.508 e. The number of nitrogens with one attached hydrogen (secondary N) is 1. The van der Waals surface area contributed by atoms with Gasteiger partial charge >= 0.3 is 0 Å². The van der Waals surface area contributed by atoms with E-state index in [0.717, 1.165) is 37.1 Å². The van der Waals surface area contributed by atoms with Crippen LogP contribution in [0.3, 0.4) is 0 Å². The van der Waals surface area contributed by atoms with Gasteiger partial charge in [0.25, 0.3) is 5.91 Å². The number of nitrogens with zero attached hydrogens (tertiary/aromatic N) is 1. The molecule has 33 heavy (non-hydrogen) atoms. The number of carbonyl (C=O) groups is 1. The molecule has 1 spiro atoms. The number of phenolic OH excluding ortho intramolecular Hbond substituents is 1. The maximum Gasteiger partial charge on any atom is 0.251 e. The van der Waals surface area contributed by atoms with Crippen molar-refractivity contribution in [2.45, 2.75) is 88.0 Å². The van der Waals surface area contributed by atoms with Crippen molar-refractivity contribution in [3.8, 4) is 11.5 Å². The van der Waals surface area contributed by atoms with E-state index in [-0.39, 0.29) is 41.5 Å². The van der Waals surface area contributed by atoms with Gasteiger partial charge in [-0.3, -0.25) is 9.69 Å². The smallest absolute Gasteiger partial charge is 0.251 e. The van der Waals surface area contributed by atoms with Gasteiger partial charge in [0.05, 0.1) is 16.6 Å². The van der Waals surface area contributed by atoms with E-state index in [1.54, 1.807) is 6.07 Å². The molecule has 1 saturated heterocycles. The summed E-state index contributed by atoms with van der Waals surface area (Å²) in [6.45, 7) is 5.81. The van der Waals surface area contributed by atoms with Gasteiger partial charge in [0.1, 0.15) is 5.76 Å². The zero-order valence-electron chi connectivity index (χ0n) is 19.4. The summed E-state index contributed by atoms with van der Waals surface area (Å²) in [5.74, 6) is 0.639. The van der Waals surface area contributed by atoms with E-state index < -0.39 is 17.1 Å². The van der Waals surface area contributed by atoms with Gasteiger partial charge in [-0.2, -0.15) is 0 Å². The normalized spacial score (nSPS) is 34.3. The second-order valence-electron chi connectivity index (χ2n) is 10.8. The summed E-state index contributed by atoms with van der Waals surface area (Å²) in [4.78, 5) is 15.7. The zero-order valence-corrected chi connectivity index (χ0v) is 19.4. The first kappa shape index (κ1) is 21.3. The number of ether oxygens (including phenoxy) is 1. The summed E-state index contributed by atoms with van der Waals surface area (Å²) in [7, 11) is 0. The Labute approximate surface area is 194 Å². The van der Waals surface area contributed by atoms with Crippen molar-refractivity contribution >= 4 is 5.91 Å². The molecule has 6 rings (SSSR count). The van der Waals surface area contributed by atoms with Crippen molar-refractivity contribution in [2.75, 3.05) is 13.1 Å². The van der Waals surface area contributed by atoms with Gasteiger partial charge in [0.15, 0.2) is 17.6 Å². The molecule has 1 amide bonds. The fourth-order valence-electron chi connectivity index (χ4n) is 7.13. The molecule has 1 saturated carbocycles. The molecular weight excluding hydrogens is 420 g/mol. The molecule has 2 bridgehead atoms. The number of aromatic hydroxyl groups is 1. The monoisotopic (exact) mass is 454 g/mol. The zero-order chi connectivity index (χ0) is 23.1. The number of amides is 1. The standard InChI is InChI=1S/C26H34N2O5/c1-3-16(4-2)27-24(31)17-12-26(32)19-11-15-7-8-18(29)22-20(15)25(26,23(33-22)21(17)30)9-10-28(19)13-14-5-6-14/h7-8,14,16,19,23,29-30,32H,3-6,9-13H2,1-2H3,(H,27,31)/t19-,23+,25+,26-/m1/s1. The van der Waals surface area contributed by atoms with Gasteiger partial charge in [-0.25, -0.2) is 0 Å². The number of likely N-dealkylation sites (tertiary alicyclic amines) is 1. The predicted molar refractivity (Wildman–Crippen MR) is 122 cm³/mol. The highest BCUT2D eigenvalue weighted by Gasteiger charge is 2.73. The van der Waals surface area contributed by atoms with Crippen LogP contribution in [0.4, 0.5) is 0 Å². The third-order valence-electron chi connectivity index (χ3n) is 9.11. The van der Waals surface area contributed by atoms with E-state index in [9.17, 15) is 20.1 Å². The van der Waals surface area contributed by atoms with Crippen molar-refractivity contribution in [2.24, 2.45) is 5.92 Å². The first-order valence-corrected chi connectivity index (χ1v) is 12.5. The minimum absolute atomic E-state index is 0.0119. The van der Waals surface area contributed by atoms with Crippen molar-refractivity contribution in [3.63, 3.8) is 0 Å². The topological polar surface area (TPSA) is 102 Å². The number of carbonyl (C=O) groups excluding carboxylic acids is 1. The largest absolute Gasteiger partial charge is 0.508 e. The molecule has 4 N–H and O–H groups in total. The molecule has 2 fully saturated rings. The Kier molecular flexibility index (Phi) is 4.60.